The first-order valence-electron chi connectivity index (χ1n) is 12.6. The number of ether oxygens (including phenoxy) is 1. The number of carbonyl (C=O) groups is 2. The molecule has 4 fully saturated rings. The standard InChI is InChI=1S/C27H42O4/c1-6-18-22-15-17(28)11-13-27(22,4)21-12-14-26(3)19(16(2)7-10-23(29)31-5)8-9-20(26)24(21)25(18)30/h6,16-17,19-22,24,28H,7-15H2,1-5H3/t16-,17-,19-,20?,21?,22+,24?,26-,27-/m1/s1. The maximum atomic E-state index is 13.9. The Hall–Kier alpha value is -1.16. The van der Waals surface area contributed by atoms with Crippen molar-refractivity contribution in [2.45, 2.75) is 91.6 Å². The van der Waals surface area contributed by atoms with Crippen LogP contribution in [0.25, 0.3) is 0 Å². The Morgan fingerprint density at radius 2 is 1.84 bits per heavy atom. The molecular weight excluding hydrogens is 388 g/mol. The Bertz CT molecular complexity index is 756. The molecule has 9 atom stereocenters. The van der Waals surface area contributed by atoms with Crippen molar-refractivity contribution in [2.75, 3.05) is 7.11 Å². The van der Waals surface area contributed by atoms with Gasteiger partial charge in [0.1, 0.15) is 0 Å². The highest BCUT2D eigenvalue weighted by atomic mass is 16.5. The van der Waals surface area contributed by atoms with E-state index in [4.69, 9.17) is 4.74 Å². The minimum Gasteiger partial charge on any atom is -0.469 e. The summed E-state index contributed by atoms with van der Waals surface area (Å²) in [5.74, 6) is 2.57. The summed E-state index contributed by atoms with van der Waals surface area (Å²) in [6.45, 7) is 9.18. The minimum atomic E-state index is -0.266. The van der Waals surface area contributed by atoms with Gasteiger partial charge >= 0.3 is 5.97 Å². The summed E-state index contributed by atoms with van der Waals surface area (Å²) in [6.07, 6.45) is 10.4. The fourth-order valence-corrected chi connectivity index (χ4v) is 8.81. The number of aliphatic hydroxyl groups excluding tert-OH is 1. The van der Waals surface area contributed by atoms with E-state index in [0.717, 1.165) is 44.1 Å². The molecule has 0 saturated heterocycles. The number of hydrogen-bond acceptors (Lipinski definition) is 4. The molecule has 0 bridgehead atoms. The lowest BCUT2D eigenvalue weighted by molar-refractivity contribution is -0.150. The third-order valence-corrected chi connectivity index (χ3v) is 10.5. The van der Waals surface area contributed by atoms with Gasteiger partial charge in [0.25, 0.3) is 0 Å². The number of carbonyl (C=O) groups excluding carboxylic acids is 2. The molecule has 3 unspecified atom stereocenters. The number of ketones is 1. The minimum absolute atomic E-state index is 0.117. The van der Waals surface area contributed by atoms with E-state index in [-0.39, 0.29) is 34.7 Å². The van der Waals surface area contributed by atoms with Crippen molar-refractivity contribution >= 4 is 11.8 Å². The number of allylic oxidation sites excluding steroid dienone is 2. The Morgan fingerprint density at radius 3 is 2.52 bits per heavy atom. The molecule has 1 N–H and O–H groups in total. The van der Waals surface area contributed by atoms with E-state index in [1.165, 1.54) is 20.0 Å². The second-order valence-corrected chi connectivity index (χ2v) is 11.7. The lowest BCUT2D eigenvalue weighted by Gasteiger charge is -2.61. The van der Waals surface area contributed by atoms with E-state index < -0.39 is 0 Å². The molecule has 0 aliphatic heterocycles. The summed E-state index contributed by atoms with van der Waals surface area (Å²) < 4.78 is 4.87. The van der Waals surface area contributed by atoms with Gasteiger partial charge < -0.3 is 9.84 Å². The van der Waals surface area contributed by atoms with Crippen LogP contribution in [0.1, 0.15) is 85.5 Å². The normalized spacial score (nSPS) is 46.8. The number of Topliss-reactive ketones (excluding diaryl/α,β-unsaturated/α-hetero) is 1. The van der Waals surface area contributed by atoms with Gasteiger partial charge in [-0.15, -0.1) is 0 Å². The summed E-state index contributed by atoms with van der Waals surface area (Å²) in [7, 11) is 1.47. The zero-order valence-corrected chi connectivity index (χ0v) is 20.2. The lowest BCUT2D eigenvalue weighted by atomic mass is 9.43. The summed E-state index contributed by atoms with van der Waals surface area (Å²) >= 11 is 0. The van der Waals surface area contributed by atoms with Crippen molar-refractivity contribution in [1.29, 1.82) is 0 Å². The molecule has 0 aromatic heterocycles. The van der Waals surface area contributed by atoms with Crippen LogP contribution < -0.4 is 0 Å². The lowest BCUT2D eigenvalue weighted by Crippen LogP contribution is -2.58. The molecule has 0 amide bonds. The molecule has 174 valence electrons. The summed E-state index contributed by atoms with van der Waals surface area (Å²) in [6, 6.07) is 0. The Kier molecular flexibility index (Phi) is 6.17. The molecule has 4 heteroatoms. The van der Waals surface area contributed by atoms with Gasteiger partial charge in [-0.05, 0) is 104 Å². The van der Waals surface area contributed by atoms with Crippen molar-refractivity contribution < 1.29 is 19.4 Å². The molecular formula is C27H42O4. The highest BCUT2D eigenvalue weighted by Crippen LogP contribution is 2.68. The Balaban J connectivity index is 1.61. The molecule has 0 radical (unpaired) electrons. The molecule has 0 heterocycles. The first kappa shape index (κ1) is 23.0. The number of rotatable bonds is 4. The van der Waals surface area contributed by atoms with Crippen LogP contribution in [0, 0.1) is 46.3 Å². The van der Waals surface area contributed by atoms with Gasteiger partial charge in [-0.3, -0.25) is 9.59 Å². The molecule has 4 nitrogen and oxygen atoms in total. The number of aliphatic hydroxyl groups is 1. The van der Waals surface area contributed by atoms with Gasteiger partial charge in [0.2, 0.25) is 0 Å². The highest BCUT2D eigenvalue weighted by molar-refractivity contribution is 5.99. The molecule has 4 aliphatic carbocycles. The van der Waals surface area contributed by atoms with Crippen molar-refractivity contribution in [3.8, 4) is 0 Å². The van der Waals surface area contributed by atoms with Crippen molar-refractivity contribution in [1.82, 2.24) is 0 Å². The molecule has 4 saturated carbocycles. The van der Waals surface area contributed by atoms with Crippen LogP contribution >= 0.6 is 0 Å². The molecule has 4 rings (SSSR count). The van der Waals surface area contributed by atoms with Crippen molar-refractivity contribution in [3.63, 3.8) is 0 Å². The van der Waals surface area contributed by atoms with Gasteiger partial charge in [-0.25, -0.2) is 0 Å². The van der Waals surface area contributed by atoms with Crippen LogP contribution in [0.2, 0.25) is 0 Å². The van der Waals surface area contributed by atoms with E-state index in [2.05, 4.69) is 26.8 Å². The van der Waals surface area contributed by atoms with Crippen molar-refractivity contribution in [2.24, 2.45) is 46.3 Å². The number of methoxy groups -OCH3 is 1. The quantitative estimate of drug-likeness (QED) is 0.484. The van der Waals surface area contributed by atoms with Crippen LogP contribution in [-0.4, -0.2) is 30.1 Å². The highest BCUT2D eigenvalue weighted by Gasteiger charge is 2.64. The average molecular weight is 431 g/mol. The maximum Gasteiger partial charge on any atom is 0.305 e. The van der Waals surface area contributed by atoms with E-state index in [9.17, 15) is 14.7 Å². The topological polar surface area (TPSA) is 63.6 Å². The summed E-state index contributed by atoms with van der Waals surface area (Å²) in [4.78, 5) is 25.6. The predicted octanol–water partition coefficient (Wildman–Crippen LogP) is 5.33. The number of hydrogen-bond donors (Lipinski definition) is 1. The second-order valence-electron chi connectivity index (χ2n) is 11.7. The third kappa shape index (κ3) is 3.52. The largest absolute Gasteiger partial charge is 0.469 e. The number of fused-ring (bicyclic) bond motifs is 5. The van der Waals surface area contributed by atoms with E-state index >= 15 is 0 Å². The second kappa shape index (κ2) is 8.32. The third-order valence-electron chi connectivity index (χ3n) is 10.5. The first-order chi connectivity index (χ1) is 14.7. The molecule has 4 aliphatic rings. The van der Waals surface area contributed by atoms with E-state index in [1.807, 2.05) is 6.92 Å². The predicted molar refractivity (Wildman–Crippen MR) is 121 cm³/mol. The zero-order chi connectivity index (χ0) is 22.6. The number of esters is 1. The molecule has 0 spiro atoms. The van der Waals surface area contributed by atoms with Crippen molar-refractivity contribution in [3.05, 3.63) is 11.6 Å². The van der Waals surface area contributed by atoms with Gasteiger partial charge in [-0.1, -0.05) is 26.8 Å². The first-order valence-corrected chi connectivity index (χ1v) is 12.6. The van der Waals surface area contributed by atoms with Gasteiger partial charge in [0.15, 0.2) is 5.78 Å². The fourth-order valence-electron chi connectivity index (χ4n) is 8.81. The SMILES string of the molecule is CC=C1C(=O)C2C3CC[C@H]([C@H](C)CCC(=O)OC)[C@@]3(C)CCC2[C@@]2(C)CC[C@@H](O)C[C@@H]12. The van der Waals surface area contributed by atoms with Gasteiger partial charge in [-0.2, -0.15) is 0 Å². The van der Waals surface area contributed by atoms with Crippen LogP contribution in [0.4, 0.5) is 0 Å². The van der Waals surface area contributed by atoms with Crippen LogP contribution in [-0.2, 0) is 14.3 Å². The van der Waals surface area contributed by atoms with Gasteiger partial charge in [0.05, 0.1) is 13.2 Å². The van der Waals surface area contributed by atoms with Crippen LogP contribution in [0.15, 0.2) is 11.6 Å². The average Bonchev–Trinajstić information content (AvgIpc) is 3.10. The van der Waals surface area contributed by atoms with Gasteiger partial charge in [0, 0.05) is 12.3 Å². The Labute approximate surface area is 188 Å². The zero-order valence-electron chi connectivity index (χ0n) is 20.2. The molecule has 0 aromatic rings. The monoisotopic (exact) mass is 430 g/mol. The maximum absolute atomic E-state index is 13.9. The van der Waals surface area contributed by atoms with Crippen LogP contribution in [0.5, 0.6) is 0 Å². The van der Waals surface area contributed by atoms with E-state index in [0.29, 0.717) is 35.9 Å². The Morgan fingerprint density at radius 1 is 1.16 bits per heavy atom. The molecule has 31 heavy (non-hydrogen) atoms. The van der Waals surface area contributed by atoms with Crippen LogP contribution in [0.3, 0.4) is 0 Å². The smallest absolute Gasteiger partial charge is 0.305 e. The summed E-state index contributed by atoms with van der Waals surface area (Å²) in [5.41, 5.74) is 1.33. The molecule has 0 aromatic carbocycles. The van der Waals surface area contributed by atoms with E-state index in [1.54, 1.807) is 0 Å². The summed E-state index contributed by atoms with van der Waals surface area (Å²) in [5, 5.41) is 10.4. The fraction of sp³-hybridized carbons (Fsp3) is 0.852.